The van der Waals surface area contributed by atoms with Crippen LogP contribution in [0.1, 0.15) is 12.8 Å². The zero-order valence-corrected chi connectivity index (χ0v) is 12.5. The molecule has 8 nitrogen and oxygen atoms in total. The maximum Gasteiger partial charge on any atom is 0.237 e. The predicted octanol–water partition coefficient (Wildman–Crippen LogP) is -0.477. The van der Waals surface area contributed by atoms with Gasteiger partial charge in [0.1, 0.15) is 12.1 Å². The summed E-state index contributed by atoms with van der Waals surface area (Å²) >= 11 is 0. The Bertz CT molecular complexity index is 693. The molecule has 8 heteroatoms. The largest absolute Gasteiger partial charge is 0.355 e. The second kappa shape index (κ2) is 5.20. The molecule has 2 aromatic heterocycles. The first kappa shape index (κ1) is 13.4. The van der Waals surface area contributed by atoms with Gasteiger partial charge >= 0.3 is 0 Å². The first-order chi connectivity index (χ1) is 10.7. The Morgan fingerprint density at radius 1 is 1.36 bits per heavy atom. The molecular formula is C14H19N7O. The van der Waals surface area contributed by atoms with E-state index in [2.05, 4.69) is 30.4 Å². The molecule has 0 aliphatic carbocycles. The van der Waals surface area contributed by atoms with E-state index in [1.165, 1.54) is 0 Å². The molecule has 1 unspecified atom stereocenters. The fourth-order valence-electron chi connectivity index (χ4n) is 3.19. The fraction of sp³-hybridized carbons (Fsp3) is 0.571. The summed E-state index contributed by atoms with van der Waals surface area (Å²) in [6.07, 6.45) is 3.61. The minimum absolute atomic E-state index is 0.00851. The van der Waals surface area contributed by atoms with Crippen molar-refractivity contribution in [1.82, 2.24) is 30.0 Å². The van der Waals surface area contributed by atoms with Crippen LogP contribution in [0.3, 0.4) is 0 Å². The van der Waals surface area contributed by atoms with Crippen LogP contribution < -0.4 is 10.2 Å². The highest BCUT2D eigenvalue weighted by Gasteiger charge is 2.37. The lowest BCUT2D eigenvalue weighted by molar-refractivity contribution is -0.128. The molecule has 0 spiro atoms. The number of hydrogen-bond donors (Lipinski definition) is 1. The summed E-state index contributed by atoms with van der Waals surface area (Å²) in [6, 6.07) is 4.29. The first-order valence-electron chi connectivity index (χ1n) is 7.64. The van der Waals surface area contributed by atoms with Crippen LogP contribution in [-0.2, 0) is 4.79 Å². The molecule has 4 rings (SSSR count). The van der Waals surface area contributed by atoms with Crippen molar-refractivity contribution in [2.45, 2.75) is 24.9 Å². The molecule has 0 aromatic carbocycles. The van der Waals surface area contributed by atoms with Crippen molar-refractivity contribution < 1.29 is 4.79 Å². The second-order valence-electron chi connectivity index (χ2n) is 6.00. The molecule has 0 saturated carbocycles. The molecule has 116 valence electrons. The Morgan fingerprint density at radius 3 is 3.05 bits per heavy atom. The van der Waals surface area contributed by atoms with Crippen molar-refractivity contribution in [3.05, 3.63) is 18.5 Å². The van der Waals surface area contributed by atoms with E-state index in [1.807, 2.05) is 19.2 Å². The van der Waals surface area contributed by atoms with Gasteiger partial charge in [0.2, 0.25) is 5.91 Å². The fourth-order valence-corrected chi connectivity index (χ4v) is 3.19. The maximum absolute atomic E-state index is 12.0. The van der Waals surface area contributed by atoms with Crippen LogP contribution >= 0.6 is 0 Å². The minimum atomic E-state index is 0.00851. The number of fused-ring (bicyclic) bond motifs is 1. The van der Waals surface area contributed by atoms with E-state index in [4.69, 9.17) is 0 Å². The van der Waals surface area contributed by atoms with Crippen LogP contribution in [0.25, 0.3) is 5.65 Å². The number of rotatable bonds is 3. The van der Waals surface area contributed by atoms with Gasteiger partial charge in [0.15, 0.2) is 5.65 Å². The highest BCUT2D eigenvalue weighted by Crippen LogP contribution is 2.24. The molecule has 1 amide bonds. The normalized spacial score (nSPS) is 22.9. The Labute approximate surface area is 128 Å². The summed E-state index contributed by atoms with van der Waals surface area (Å²) in [5.74, 6) is 1.08. The zero-order valence-electron chi connectivity index (χ0n) is 12.5. The van der Waals surface area contributed by atoms with Gasteiger partial charge in [-0.2, -0.15) is 4.52 Å². The number of carbonyl (C=O) groups excluding carboxylic acids is 1. The van der Waals surface area contributed by atoms with Gasteiger partial charge in [0.05, 0.1) is 6.04 Å². The van der Waals surface area contributed by atoms with Crippen LogP contribution in [0.4, 0.5) is 5.82 Å². The maximum atomic E-state index is 12.0. The van der Waals surface area contributed by atoms with E-state index in [1.54, 1.807) is 10.8 Å². The van der Waals surface area contributed by atoms with Gasteiger partial charge in [0.25, 0.3) is 0 Å². The Hall–Kier alpha value is -2.22. The summed E-state index contributed by atoms with van der Waals surface area (Å²) < 4.78 is 1.68. The summed E-state index contributed by atoms with van der Waals surface area (Å²) in [5.41, 5.74) is 0.747. The van der Waals surface area contributed by atoms with Crippen molar-refractivity contribution >= 4 is 17.4 Å². The molecule has 22 heavy (non-hydrogen) atoms. The van der Waals surface area contributed by atoms with Crippen molar-refractivity contribution in [3.8, 4) is 0 Å². The number of hydrogen-bond acceptors (Lipinski definition) is 6. The summed E-state index contributed by atoms with van der Waals surface area (Å²) in [4.78, 5) is 16.4. The molecule has 2 aliphatic rings. The lowest BCUT2D eigenvalue weighted by atomic mass is 10.00. The summed E-state index contributed by atoms with van der Waals surface area (Å²) in [7, 11) is 2.05. The van der Waals surface area contributed by atoms with Crippen molar-refractivity contribution in [1.29, 1.82) is 0 Å². The number of carbonyl (C=O) groups is 1. The van der Waals surface area contributed by atoms with Crippen LogP contribution in [0.2, 0.25) is 0 Å². The monoisotopic (exact) mass is 301 g/mol. The van der Waals surface area contributed by atoms with E-state index >= 15 is 0 Å². The van der Waals surface area contributed by atoms with E-state index in [0.717, 1.165) is 43.9 Å². The molecule has 4 heterocycles. The number of piperidine rings is 1. The smallest absolute Gasteiger partial charge is 0.237 e. The predicted molar refractivity (Wildman–Crippen MR) is 80.6 cm³/mol. The average Bonchev–Trinajstić information content (AvgIpc) is 2.93. The third-order valence-electron chi connectivity index (χ3n) is 4.66. The number of nitrogens with zero attached hydrogens (tertiary/aromatic N) is 6. The Morgan fingerprint density at radius 2 is 2.23 bits per heavy atom. The number of aromatic nitrogens is 4. The van der Waals surface area contributed by atoms with Gasteiger partial charge in [-0.15, -0.1) is 15.3 Å². The van der Waals surface area contributed by atoms with Gasteiger partial charge < -0.3 is 10.2 Å². The topological polar surface area (TPSA) is 78.7 Å². The van der Waals surface area contributed by atoms with E-state index in [-0.39, 0.29) is 11.9 Å². The number of nitrogens with one attached hydrogen (secondary N) is 1. The molecule has 2 fully saturated rings. The number of anilines is 1. The van der Waals surface area contributed by atoms with Crippen LogP contribution in [0, 0.1) is 0 Å². The standard InChI is InChI=1S/C14H19N7O/c1-19(11-3-2-6-15-14(11)22)10-7-20(8-10)13-5-4-12-17-16-9-21(12)18-13/h4-5,9-11H,2-3,6-8H2,1H3,(H,15,22). The molecule has 2 aromatic rings. The summed E-state index contributed by atoms with van der Waals surface area (Å²) in [6.45, 7) is 2.59. The van der Waals surface area contributed by atoms with Crippen molar-refractivity contribution in [3.63, 3.8) is 0 Å². The second-order valence-corrected chi connectivity index (χ2v) is 6.00. The molecule has 1 atom stereocenters. The third kappa shape index (κ3) is 2.19. The molecule has 0 radical (unpaired) electrons. The lowest BCUT2D eigenvalue weighted by Gasteiger charge is -2.47. The van der Waals surface area contributed by atoms with Crippen molar-refractivity contribution in [2.24, 2.45) is 0 Å². The number of likely N-dealkylation sites (N-methyl/N-ethyl adjacent to an activating group) is 1. The van der Waals surface area contributed by atoms with Gasteiger partial charge in [0, 0.05) is 25.7 Å². The third-order valence-corrected chi connectivity index (χ3v) is 4.66. The zero-order chi connectivity index (χ0) is 15.1. The molecule has 1 N–H and O–H groups in total. The Balaban J connectivity index is 1.41. The van der Waals surface area contributed by atoms with E-state index < -0.39 is 0 Å². The van der Waals surface area contributed by atoms with Gasteiger partial charge in [-0.1, -0.05) is 0 Å². The minimum Gasteiger partial charge on any atom is -0.355 e. The molecule has 0 bridgehead atoms. The number of amides is 1. The SMILES string of the molecule is CN(C1CN(c2ccc3nncn3n2)C1)C1CCCNC1=O. The van der Waals surface area contributed by atoms with Gasteiger partial charge in [-0.25, -0.2) is 0 Å². The van der Waals surface area contributed by atoms with Crippen LogP contribution in [-0.4, -0.2) is 69.4 Å². The Kier molecular flexibility index (Phi) is 3.18. The van der Waals surface area contributed by atoms with Crippen LogP contribution in [0.15, 0.2) is 18.5 Å². The van der Waals surface area contributed by atoms with Gasteiger partial charge in [-0.3, -0.25) is 9.69 Å². The lowest BCUT2D eigenvalue weighted by Crippen LogP contribution is -2.63. The summed E-state index contributed by atoms with van der Waals surface area (Å²) in [5, 5.41) is 15.2. The quantitative estimate of drug-likeness (QED) is 0.825. The molecular weight excluding hydrogens is 282 g/mol. The first-order valence-corrected chi connectivity index (χ1v) is 7.64. The molecule has 2 saturated heterocycles. The van der Waals surface area contributed by atoms with E-state index in [9.17, 15) is 4.79 Å². The molecule has 2 aliphatic heterocycles. The highest BCUT2D eigenvalue weighted by atomic mass is 16.2. The van der Waals surface area contributed by atoms with Gasteiger partial charge in [-0.05, 0) is 32.0 Å². The van der Waals surface area contributed by atoms with Crippen LogP contribution in [0.5, 0.6) is 0 Å². The average molecular weight is 301 g/mol. The van der Waals surface area contributed by atoms with E-state index in [0.29, 0.717) is 6.04 Å². The highest BCUT2D eigenvalue weighted by molar-refractivity contribution is 5.82. The van der Waals surface area contributed by atoms with Crippen molar-refractivity contribution in [2.75, 3.05) is 31.6 Å².